The monoisotopic (exact) mass is 407 g/mol. The van der Waals surface area contributed by atoms with Crippen LogP contribution in [0.5, 0.6) is 0 Å². The fourth-order valence-corrected chi connectivity index (χ4v) is 3.38. The lowest BCUT2D eigenvalue weighted by Crippen LogP contribution is -2.40. The molecule has 8 heteroatoms. The molecule has 0 saturated carbocycles. The van der Waals surface area contributed by atoms with Crippen LogP contribution in [0.15, 0.2) is 35.3 Å². The molecular weight excluding hydrogens is 385 g/mol. The van der Waals surface area contributed by atoms with Gasteiger partial charge in [0, 0.05) is 49.5 Å². The highest BCUT2D eigenvalue weighted by Crippen LogP contribution is 2.18. The lowest BCUT2D eigenvalue weighted by molar-refractivity contribution is 0.0362. The molecule has 1 aromatic heterocycles. The van der Waals surface area contributed by atoms with Gasteiger partial charge in [0.15, 0.2) is 0 Å². The van der Waals surface area contributed by atoms with Crippen molar-refractivity contribution in [2.24, 2.45) is 0 Å². The summed E-state index contributed by atoms with van der Waals surface area (Å²) in [5, 5.41) is 2.84. The van der Waals surface area contributed by atoms with Crippen molar-refractivity contribution < 1.29 is 13.9 Å². The highest BCUT2D eigenvalue weighted by molar-refractivity contribution is 6.31. The fraction of sp³-hybridized carbons (Fsp3) is 0.400. The normalized spacial score (nSPS) is 14.8. The maximum absolute atomic E-state index is 13.9. The summed E-state index contributed by atoms with van der Waals surface area (Å²) in [5.41, 5.74) is 0.478. The van der Waals surface area contributed by atoms with Crippen LogP contribution in [0.1, 0.15) is 21.5 Å². The number of ether oxygens (including phenoxy) is 1. The Hall–Kier alpha value is -2.22. The maximum Gasteiger partial charge on any atom is 0.263 e. The number of pyridine rings is 1. The standard InChI is InChI=1S/C20H23ClFN3O3/c1-14-5-6-25(8-7-24-9-11-28-12-10-24)20(27)18(14)19(26)23-13-15-16(21)3-2-4-17(15)22/h2-6H,7-13H2,1H3,(H,23,26). The topological polar surface area (TPSA) is 63.6 Å². The molecule has 0 unspecified atom stereocenters. The van der Waals surface area contributed by atoms with Gasteiger partial charge in [0.05, 0.1) is 13.2 Å². The van der Waals surface area contributed by atoms with Gasteiger partial charge in [-0.25, -0.2) is 4.39 Å². The molecule has 3 rings (SSSR count). The Morgan fingerprint density at radius 1 is 1.25 bits per heavy atom. The van der Waals surface area contributed by atoms with Crippen LogP contribution in [-0.4, -0.2) is 48.2 Å². The van der Waals surface area contributed by atoms with Gasteiger partial charge in [-0.3, -0.25) is 14.5 Å². The van der Waals surface area contributed by atoms with E-state index in [2.05, 4.69) is 10.2 Å². The zero-order chi connectivity index (χ0) is 20.1. The molecule has 0 aliphatic carbocycles. The van der Waals surface area contributed by atoms with Crippen molar-refractivity contribution in [3.63, 3.8) is 0 Å². The molecule has 2 aromatic rings. The highest BCUT2D eigenvalue weighted by atomic mass is 35.5. The lowest BCUT2D eigenvalue weighted by atomic mass is 10.1. The number of rotatable bonds is 6. The zero-order valence-electron chi connectivity index (χ0n) is 15.7. The molecular formula is C20H23ClFN3O3. The quantitative estimate of drug-likeness (QED) is 0.797. The van der Waals surface area contributed by atoms with E-state index < -0.39 is 11.7 Å². The predicted octanol–water partition coefficient (Wildman–Crippen LogP) is 2.21. The molecule has 6 nitrogen and oxygen atoms in total. The Balaban J connectivity index is 1.71. The van der Waals surface area contributed by atoms with Crippen LogP contribution in [-0.2, 0) is 17.8 Å². The van der Waals surface area contributed by atoms with Gasteiger partial charge >= 0.3 is 0 Å². The SMILES string of the molecule is Cc1ccn(CCN2CCOCC2)c(=O)c1C(=O)NCc1c(F)cccc1Cl. The minimum atomic E-state index is -0.539. The number of amides is 1. The summed E-state index contributed by atoms with van der Waals surface area (Å²) < 4.78 is 20.7. The minimum Gasteiger partial charge on any atom is -0.379 e. The summed E-state index contributed by atoms with van der Waals surface area (Å²) in [4.78, 5) is 27.6. The summed E-state index contributed by atoms with van der Waals surface area (Å²) in [5.74, 6) is -1.04. The van der Waals surface area contributed by atoms with Crippen molar-refractivity contribution in [3.05, 3.63) is 68.3 Å². The summed E-state index contributed by atoms with van der Waals surface area (Å²) in [7, 11) is 0. The smallest absolute Gasteiger partial charge is 0.263 e. The minimum absolute atomic E-state index is 0.0666. The zero-order valence-corrected chi connectivity index (χ0v) is 16.5. The summed E-state index contributed by atoms with van der Waals surface area (Å²) in [6.07, 6.45) is 1.70. The summed E-state index contributed by atoms with van der Waals surface area (Å²) in [6, 6.07) is 6.07. The van der Waals surface area contributed by atoms with E-state index in [1.165, 1.54) is 16.7 Å². The van der Waals surface area contributed by atoms with Crippen LogP contribution in [0, 0.1) is 12.7 Å². The first-order valence-corrected chi connectivity index (χ1v) is 9.56. The van der Waals surface area contributed by atoms with E-state index in [0.29, 0.717) is 31.9 Å². The van der Waals surface area contributed by atoms with Crippen molar-refractivity contribution in [2.45, 2.75) is 20.0 Å². The third-order valence-electron chi connectivity index (χ3n) is 4.85. The van der Waals surface area contributed by atoms with Gasteiger partial charge in [-0.2, -0.15) is 0 Å². The van der Waals surface area contributed by atoms with Crippen LogP contribution < -0.4 is 10.9 Å². The van der Waals surface area contributed by atoms with E-state index >= 15 is 0 Å². The predicted molar refractivity (Wildman–Crippen MR) is 105 cm³/mol. The maximum atomic E-state index is 13.9. The number of nitrogens with zero attached hydrogens (tertiary/aromatic N) is 2. The molecule has 0 spiro atoms. The first-order chi connectivity index (χ1) is 13.5. The second kappa shape index (κ2) is 9.32. The van der Waals surface area contributed by atoms with Gasteiger partial charge in [0.25, 0.3) is 11.5 Å². The van der Waals surface area contributed by atoms with E-state index in [1.807, 2.05) is 0 Å². The Bertz CT molecular complexity index is 890. The molecule has 1 amide bonds. The van der Waals surface area contributed by atoms with Crippen LogP contribution >= 0.6 is 11.6 Å². The third-order valence-corrected chi connectivity index (χ3v) is 5.20. The molecule has 1 saturated heterocycles. The number of morpholine rings is 1. The number of hydrogen-bond acceptors (Lipinski definition) is 4. The van der Waals surface area contributed by atoms with Crippen molar-refractivity contribution in [3.8, 4) is 0 Å². The van der Waals surface area contributed by atoms with E-state index in [9.17, 15) is 14.0 Å². The Morgan fingerprint density at radius 3 is 2.71 bits per heavy atom. The van der Waals surface area contributed by atoms with E-state index in [4.69, 9.17) is 16.3 Å². The molecule has 0 radical (unpaired) electrons. The van der Waals surface area contributed by atoms with Crippen molar-refractivity contribution in [1.82, 2.24) is 14.8 Å². The number of aryl methyl sites for hydroxylation is 1. The number of carbonyl (C=O) groups excluding carboxylic acids is 1. The molecule has 150 valence electrons. The van der Waals surface area contributed by atoms with E-state index in [0.717, 1.165) is 13.1 Å². The molecule has 2 heterocycles. The van der Waals surface area contributed by atoms with Gasteiger partial charge in [-0.05, 0) is 30.7 Å². The number of hydrogen-bond donors (Lipinski definition) is 1. The number of carbonyl (C=O) groups is 1. The second-order valence-electron chi connectivity index (χ2n) is 6.71. The van der Waals surface area contributed by atoms with Gasteiger partial charge in [0.2, 0.25) is 0 Å². The van der Waals surface area contributed by atoms with Gasteiger partial charge in [0.1, 0.15) is 11.4 Å². The number of halogens is 2. The number of benzene rings is 1. The van der Waals surface area contributed by atoms with Crippen LogP contribution in [0.4, 0.5) is 4.39 Å². The van der Waals surface area contributed by atoms with Crippen molar-refractivity contribution in [1.29, 1.82) is 0 Å². The van der Waals surface area contributed by atoms with Gasteiger partial charge in [-0.1, -0.05) is 17.7 Å². The molecule has 1 aliphatic heterocycles. The third kappa shape index (κ3) is 4.79. The van der Waals surface area contributed by atoms with Gasteiger partial charge in [-0.15, -0.1) is 0 Å². The summed E-state index contributed by atoms with van der Waals surface area (Å²) >= 11 is 5.99. The number of aromatic nitrogens is 1. The molecule has 28 heavy (non-hydrogen) atoms. The fourth-order valence-electron chi connectivity index (χ4n) is 3.15. The Morgan fingerprint density at radius 2 is 2.00 bits per heavy atom. The van der Waals surface area contributed by atoms with E-state index in [1.54, 1.807) is 25.3 Å². The molecule has 1 aromatic carbocycles. The first kappa shape index (κ1) is 20.5. The van der Waals surface area contributed by atoms with Crippen molar-refractivity contribution >= 4 is 17.5 Å². The highest BCUT2D eigenvalue weighted by Gasteiger charge is 2.18. The van der Waals surface area contributed by atoms with Gasteiger partial charge < -0.3 is 14.6 Å². The first-order valence-electron chi connectivity index (χ1n) is 9.18. The largest absolute Gasteiger partial charge is 0.379 e. The molecule has 1 N–H and O–H groups in total. The van der Waals surface area contributed by atoms with Crippen molar-refractivity contribution in [2.75, 3.05) is 32.8 Å². The Kier molecular flexibility index (Phi) is 6.83. The average molecular weight is 408 g/mol. The lowest BCUT2D eigenvalue weighted by Gasteiger charge is -2.26. The van der Waals surface area contributed by atoms with Crippen LogP contribution in [0.25, 0.3) is 0 Å². The molecule has 1 aliphatic rings. The van der Waals surface area contributed by atoms with Crippen LogP contribution in [0.2, 0.25) is 5.02 Å². The Labute approximate surface area is 167 Å². The average Bonchev–Trinajstić information content (AvgIpc) is 2.68. The summed E-state index contributed by atoms with van der Waals surface area (Å²) in [6.45, 7) is 5.85. The molecule has 1 fully saturated rings. The molecule has 0 bridgehead atoms. The second-order valence-corrected chi connectivity index (χ2v) is 7.12. The number of nitrogens with one attached hydrogen (secondary N) is 1. The van der Waals surface area contributed by atoms with E-state index in [-0.39, 0.29) is 28.3 Å². The molecule has 0 atom stereocenters. The van der Waals surface area contributed by atoms with Crippen LogP contribution in [0.3, 0.4) is 0 Å².